The van der Waals surface area contributed by atoms with Crippen LogP contribution in [0.4, 0.5) is 11.4 Å². The smallest absolute Gasteiger partial charge is 0.246 e. The lowest BCUT2D eigenvalue weighted by atomic mass is 10.0. The normalized spacial score (nSPS) is 17.3. The summed E-state index contributed by atoms with van der Waals surface area (Å²) in [5.74, 6) is -0.203. The van der Waals surface area contributed by atoms with E-state index in [9.17, 15) is 9.59 Å². The van der Waals surface area contributed by atoms with Gasteiger partial charge < -0.3 is 15.5 Å². The first-order valence-corrected chi connectivity index (χ1v) is 8.90. The molecule has 0 aliphatic carbocycles. The first-order chi connectivity index (χ1) is 12.4. The molecule has 0 fully saturated rings. The van der Waals surface area contributed by atoms with Gasteiger partial charge in [-0.15, -0.1) is 0 Å². The third-order valence-electron chi connectivity index (χ3n) is 5.04. The number of carbonyl (C=O) groups excluding carboxylic acids is 2. The van der Waals surface area contributed by atoms with Crippen LogP contribution in [0.2, 0.25) is 0 Å². The standard InChI is InChI=1S/C21H25N3O2/c1-13-9-10-17(11-14(13)2)15(3)22-20(25)12-24-16(4)21(26)23-18-7-5-6-8-19(18)24/h5-11,15-16H,12H2,1-4H3,(H,22,25)(H,23,26). The van der Waals surface area contributed by atoms with E-state index in [0.717, 1.165) is 16.9 Å². The second-order valence-electron chi connectivity index (χ2n) is 6.94. The van der Waals surface area contributed by atoms with Gasteiger partial charge in [0.05, 0.1) is 24.0 Å². The summed E-state index contributed by atoms with van der Waals surface area (Å²) in [6.07, 6.45) is 0. The molecule has 2 aromatic rings. The molecule has 0 spiro atoms. The van der Waals surface area contributed by atoms with Gasteiger partial charge in [-0.1, -0.05) is 30.3 Å². The number of rotatable bonds is 4. The first kappa shape index (κ1) is 18.0. The van der Waals surface area contributed by atoms with Crippen LogP contribution >= 0.6 is 0 Å². The second-order valence-corrected chi connectivity index (χ2v) is 6.94. The highest BCUT2D eigenvalue weighted by Crippen LogP contribution is 2.31. The van der Waals surface area contributed by atoms with Gasteiger partial charge in [-0.25, -0.2) is 0 Å². The molecular formula is C21H25N3O2. The molecular weight excluding hydrogens is 326 g/mol. The predicted octanol–water partition coefficient (Wildman–Crippen LogP) is 3.33. The van der Waals surface area contributed by atoms with Crippen LogP contribution in [0, 0.1) is 13.8 Å². The van der Waals surface area contributed by atoms with Crippen molar-refractivity contribution < 1.29 is 9.59 Å². The monoisotopic (exact) mass is 351 g/mol. The van der Waals surface area contributed by atoms with Gasteiger partial charge in [-0.05, 0) is 56.5 Å². The summed E-state index contributed by atoms with van der Waals surface area (Å²) in [6, 6.07) is 13.3. The van der Waals surface area contributed by atoms with Crippen molar-refractivity contribution in [1.82, 2.24) is 5.32 Å². The lowest BCUT2D eigenvalue weighted by molar-refractivity contribution is -0.120. The minimum Gasteiger partial charge on any atom is -0.349 e. The summed E-state index contributed by atoms with van der Waals surface area (Å²) in [7, 11) is 0. The zero-order valence-electron chi connectivity index (χ0n) is 15.7. The maximum absolute atomic E-state index is 12.6. The molecule has 3 rings (SSSR count). The number of amides is 2. The number of anilines is 2. The molecule has 0 radical (unpaired) electrons. The fourth-order valence-electron chi connectivity index (χ4n) is 3.20. The molecule has 0 saturated heterocycles. The lowest BCUT2D eigenvalue weighted by Gasteiger charge is -2.35. The molecule has 2 aromatic carbocycles. The van der Waals surface area contributed by atoms with Crippen molar-refractivity contribution in [2.45, 2.75) is 39.8 Å². The zero-order chi connectivity index (χ0) is 18.8. The van der Waals surface area contributed by atoms with Crippen LogP contribution in [-0.4, -0.2) is 24.4 Å². The molecule has 2 N–H and O–H groups in total. The maximum Gasteiger partial charge on any atom is 0.246 e. The van der Waals surface area contributed by atoms with Crippen molar-refractivity contribution in [1.29, 1.82) is 0 Å². The molecule has 0 saturated carbocycles. The number of aryl methyl sites for hydroxylation is 2. The highest BCUT2D eigenvalue weighted by molar-refractivity contribution is 6.04. The topological polar surface area (TPSA) is 61.4 Å². The molecule has 26 heavy (non-hydrogen) atoms. The number of carbonyl (C=O) groups is 2. The van der Waals surface area contributed by atoms with E-state index in [4.69, 9.17) is 0 Å². The van der Waals surface area contributed by atoms with Crippen molar-refractivity contribution in [2.75, 3.05) is 16.8 Å². The van der Waals surface area contributed by atoms with E-state index in [-0.39, 0.29) is 24.4 Å². The van der Waals surface area contributed by atoms with Gasteiger partial charge in [0.25, 0.3) is 0 Å². The summed E-state index contributed by atoms with van der Waals surface area (Å²) < 4.78 is 0. The molecule has 1 aliphatic rings. The van der Waals surface area contributed by atoms with Crippen molar-refractivity contribution in [3.63, 3.8) is 0 Å². The molecule has 2 amide bonds. The van der Waals surface area contributed by atoms with Crippen LogP contribution in [0.25, 0.3) is 0 Å². The third kappa shape index (κ3) is 3.57. The van der Waals surface area contributed by atoms with E-state index < -0.39 is 6.04 Å². The summed E-state index contributed by atoms with van der Waals surface area (Å²) in [5, 5.41) is 5.92. The van der Waals surface area contributed by atoms with Gasteiger partial charge in [-0.2, -0.15) is 0 Å². The average molecular weight is 351 g/mol. The molecule has 1 heterocycles. The van der Waals surface area contributed by atoms with Gasteiger partial charge in [0, 0.05) is 0 Å². The van der Waals surface area contributed by atoms with Gasteiger partial charge >= 0.3 is 0 Å². The van der Waals surface area contributed by atoms with Crippen molar-refractivity contribution in [2.24, 2.45) is 0 Å². The molecule has 2 atom stereocenters. The van der Waals surface area contributed by atoms with Crippen LogP contribution in [0.1, 0.15) is 36.6 Å². The summed E-state index contributed by atoms with van der Waals surface area (Å²) >= 11 is 0. The number of nitrogens with one attached hydrogen (secondary N) is 2. The van der Waals surface area contributed by atoms with Crippen molar-refractivity contribution in [3.05, 3.63) is 59.2 Å². The Hall–Kier alpha value is -2.82. The Balaban J connectivity index is 1.73. The van der Waals surface area contributed by atoms with E-state index in [1.165, 1.54) is 11.1 Å². The van der Waals surface area contributed by atoms with Gasteiger partial charge in [0.1, 0.15) is 6.04 Å². The van der Waals surface area contributed by atoms with Crippen LogP contribution in [0.15, 0.2) is 42.5 Å². The molecule has 5 nitrogen and oxygen atoms in total. The largest absolute Gasteiger partial charge is 0.349 e. The van der Waals surface area contributed by atoms with E-state index in [1.54, 1.807) is 0 Å². The number of hydrogen-bond acceptors (Lipinski definition) is 3. The zero-order valence-corrected chi connectivity index (χ0v) is 15.7. The van der Waals surface area contributed by atoms with Crippen LogP contribution in [0.3, 0.4) is 0 Å². The average Bonchev–Trinajstić information content (AvgIpc) is 2.61. The highest BCUT2D eigenvalue weighted by atomic mass is 16.2. The Morgan fingerprint density at radius 2 is 1.92 bits per heavy atom. The van der Waals surface area contributed by atoms with Gasteiger partial charge in [0.2, 0.25) is 11.8 Å². The van der Waals surface area contributed by atoms with Crippen molar-refractivity contribution >= 4 is 23.2 Å². The Kier molecular flexibility index (Phi) is 4.98. The molecule has 0 aromatic heterocycles. The number of benzene rings is 2. The number of nitrogens with zero attached hydrogens (tertiary/aromatic N) is 1. The van der Waals surface area contributed by atoms with E-state index in [2.05, 4.69) is 36.6 Å². The van der Waals surface area contributed by atoms with Crippen LogP contribution in [-0.2, 0) is 9.59 Å². The fraction of sp³-hybridized carbons (Fsp3) is 0.333. The van der Waals surface area contributed by atoms with E-state index in [0.29, 0.717) is 0 Å². The van der Waals surface area contributed by atoms with Crippen LogP contribution < -0.4 is 15.5 Å². The van der Waals surface area contributed by atoms with Crippen molar-refractivity contribution in [3.8, 4) is 0 Å². The minimum atomic E-state index is -0.396. The summed E-state index contributed by atoms with van der Waals surface area (Å²) in [5.41, 5.74) is 5.13. The SMILES string of the molecule is Cc1ccc(C(C)NC(=O)CN2c3ccccc3NC(=O)C2C)cc1C. The quantitative estimate of drug-likeness (QED) is 0.888. The van der Waals surface area contributed by atoms with Gasteiger partial charge in [-0.3, -0.25) is 9.59 Å². The Bertz CT molecular complexity index is 847. The third-order valence-corrected chi connectivity index (χ3v) is 5.04. The van der Waals surface area contributed by atoms with E-state index >= 15 is 0 Å². The Morgan fingerprint density at radius 3 is 2.65 bits per heavy atom. The fourth-order valence-corrected chi connectivity index (χ4v) is 3.20. The highest BCUT2D eigenvalue weighted by Gasteiger charge is 2.30. The Morgan fingerprint density at radius 1 is 1.19 bits per heavy atom. The number of hydrogen-bond donors (Lipinski definition) is 2. The molecule has 5 heteroatoms. The van der Waals surface area contributed by atoms with Gasteiger partial charge in [0.15, 0.2) is 0 Å². The summed E-state index contributed by atoms with van der Waals surface area (Å²) in [6.45, 7) is 8.06. The molecule has 136 valence electrons. The van der Waals surface area contributed by atoms with Crippen LogP contribution in [0.5, 0.6) is 0 Å². The summed E-state index contributed by atoms with van der Waals surface area (Å²) in [4.78, 5) is 26.6. The Labute approximate surface area is 154 Å². The first-order valence-electron chi connectivity index (χ1n) is 8.90. The molecule has 2 unspecified atom stereocenters. The van der Waals surface area contributed by atoms with E-state index in [1.807, 2.05) is 49.1 Å². The predicted molar refractivity (Wildman–Crippen MR) is 104 cm³/mol. The number of para-hydroxylation sites is 2. The lowest BCUT2D eigenvalue weighted by Crippen LogP contribution is -2.50. The molecule has 0 bridgehead atoms. The number of fused-ring (bicyclic) bond motifs is 1. The molecule has 1 aliphatic heterocycles. The second kappa shape index (κ2) is 7.20. The minimum absolute atomic E-state index is 0.0917. The maximum atomic E-state index is 12.6.